The van der Waals surface area contributed by atoms with Gasteiger partial charge in [0.1, 0.15) is 11.2 Å². The maximum Gasteiger partial charge on any atom is 0.253 e. The topological polar surface area (TPSA) is 89.5 Å². The number of benzene rings is 2. The Morgan fingerprint density at radius 2 is 1.56 bits per heavy atom. The molecule has 0 atom stereocenters. The zero-order valence-electron chi connectivity index (χ0n) is 28.8. The number of halogens is 3. The Balaban J connectivity index is 0.00000384. The molecule has 2 heterocycles. The fourth-order valence-electron chi connectivity index (χ4n) is 5.50. The molecule has 1 aromatic heterocycles. The second-order valence-corrected chi connectivity index (χ2v) is 12.2. The molecule has 0 unspecified atom stereocenters. The number of carbonyl (C=O) groups is 3. The maximum absolute atomic E-state index is 13.2. The fourth-order valence-corrected chi connectivity index (χ4v) is 5.50. The van der Waals surface area contributed by atoms with Crippen LogP contribution in [-0.4, -0.2) is 93.5 Å². The average Bonchev–Trinajstić information content (AvgIpc) is 3.09. The first kappa shape index (κ1) is 42.5. The van der Waals surface area contributed by atoms with E-state index < -0.39 is 5.41 Å². The summed E-state index contributed by atoms with van der Waals surface area (Å²) < 4.78 is 6.15. The lowest BCUT2D eigenvalue weighted by Crippen LogP contribution is -2.47. The summed E-state index contributed by atoms with van der Waals surface area (Å²) in [5.41, 5.74) is 3.00. The standard InChI is InChI=1S/C35H46N6O4.3ClH/c1-8-41-30-14-13-29(24-31(30)39(7)33(43)35(2,3)34(41)44)45-22-10-19-40(25-26-15-17-36-18-16-26)21-20-38(6)32(42)27-11-9-12-28(23-27)37(4)5;;;/h9,11-18,23-24H,8,10,19-22,25H2,1-7H3;3*1H. The molecule has 264 valence electrons. The van der Waals surface area contributed by atoms with Crippen LogP contribution in [0.5, 0.6) is 5.75 Å². The molecular weight excluding hydrogens is 675 g/mol. The van der Waals surface area contributed by atoms with Crippen LogP contribution in [0.1, 0.15) is 43.1 Å². The zero-order chi connectivity index (χ0) is 32.7. The molecule has 2 aromatic carbocycles. The second kappa shape index (κ2) is 18.8. The van der Waals surface area contributed by atoms with Crippen LogP contribution in [-0.2, 0) is 16.1 Å². The molecule has 1 aliphatic rings. The highest BCUT2D eigenvalue weighted by atomic mass is 35.5. The van der Waals surface area contributed by atoms with Gasteiger partial charge in [-0.2, -0.15) is 0 Å². The van der Waals surface area contributed by atoms with Gasteiger partial charge in [-0.05, 0) is 75.2 Å². The summed E-state index contributed by atoms with van der Waals surface area (Å²) in [5, 5.41) is 0. The molecule has 48 heavy (non-hydrogen) atoms. The van der Waals surface area contributed by atoms with Crippen molar-refractivity contribution in [1.82, 2.24) is 14.8 Å². The van der Waals surface area contributed by atoms with E-state index in [0.717, 1.165) is 30.8 Å². The lowest BCUT2D eigenvalue weighted by atomic mass is 9.90. The number of carbonyl (C=O) groups excluding carboxylic acids is 3. The molecule has 0 saturated heterocycles. The van der Waals surface area contributed by atoms with Gasteiger partial charge in [-0.1, -0.05) is 6.07 Å². The molecule has 0 aliphatic carbocycles. The molecule has 13 heteroatoms. The van der Waals surface area contributed by atoms with Crippen LogP contribution < -0.4 is 19.4 Å². The van der Waals surface area contributed by atoms with Gasteiger partial charge in [-0.3, -0.25) is 24.3 Å². The molecular formula is C35H49Cl3N6O4. The van der Waals surface area contributed by atoms with Crippen molar-refractivity contribution in [1.29, 1.82) is 0 Å². The van der Waals surface area contributed by atoms with Crippen molar-refractivity contribution < 1.29 is 19.1 Å². The van der Waals surface area contributed by atoms with Gasteiger partial charge in [-0.15, -0.1) is 37.2 Å². The fraction of sp³-hybridized carbons (Fsp3) is 0.429. The van der Waals surface area contributed by atoms with Crippen molar-refractivity contribution >= 4 is 72.0 Å². The van der Waals surface area contributed by atoms with Gasteiger partial charge < -0.3 is 24.3 Å². The third kappa shape index (κ3) is 9.98. The van der Waals surface area contributed by atoms with Crippen LogP contribution in [0, 0.1) is 5.41 Å². The predicted molar refractivity (Wildman–Crippen MR) is 201 cm³/mol. The minimum absolute atomic E-state index is 0. The Bertz CT molecular complexity index is 1510. The number of pyridine rings is 1. The summed E-state index contributed by atoms with van der Waals surface area (Å²) in [5.74, 6) is 0.173. The molecule has 3 aromatic rings. The van der Waals surface area contributed by atoms with Gasteiger partial charge in [0.05, 0.1) is 18.0 Å². The highest BCUT2D eigenvalue weighted by Crippen LogP contribution is 2.40. The summed E-state index contributed by atoms with van der Waals surface area (Å²) in [7, 11) is 7.47. The average molecular weight is 724 g/mol. The first-order valence-corrected chi connectivity index (χ1v) is 15.4. The van der Waals surface area contributed by atoms with Crippen molar-refractivity contribution in [2.75, 3.05) is 75.7 Å². The Morgan fingerprint density at radius 1 is 0.875 bits per heavy atom. The van der Waals surface area contributed by atoms with Gasteiger partial charge in [0.15, 0.2) is 0 Å². The lowest BCUT2D eigenvalue weighted by Gasteiger charge is -2.27. The van der Waals surface area contributed by atoms with Gasteiger partial charge in [0, 0.05) is 90.6 Å². The number of fused-ring (bicyclic) bond motifs is 1. The number of likely N-dealkylation sites (N-methyl/N-ethyl adjacent to an activating group) is 1. The summed E-state index contributed by atoms with van der Waals surface area (Å²) >= 11 is 0. The number of anilines is 3. The van der Waals surface area contributed by atoms with E-state index in [1.54, 1.807) is 48.0 Å². The van der Waals surface area contributed by atoms with Crippen molar-refractivity contribution in [2.24, 2.45) is 5.41 Å². The highest BCUT2D eigenvalue weighted by Gasteiger charge is 2.45. The highest BCUT2D eigenvalue weighted by molar-refractivity contribution is 6.20. The molecule has 10 nitrogen and oxygen atoms in total. The molecule has 0 saturated carbocycles. The summed E-state index contributed by atoms with van der Waals surface area (Å²) in [6.45, 7) is 8.95. The van der Waals surface area contributed by atoms with Gasteiger partial charge >= 0.3 is 0 Å². The summed E-state index contributed by atoms with van der Waals surface area (Å²) in [6, 6.07) is 17.2. The second-order valence-electron chi connectivity index (χ2n) is 12.2. The number of amides is 3. The number of aromatic nitrogens is 1. The van der Waals surface area contributed by atoms with E-state index in [4.69, 9.17) is 4.74 Å². The smallest absolute Gasteiger partial charge is 0.253 e. The monoisotopic (exact) mass is 722 g/mol. The SMILES string of the molecule is CCN1C(=O)C(C)(C)C(=O)N(C)c2cc(OCCCN(CCN(C)C(=O)c3cccc(N(C)C)c3)Cc3ccncc3)ccc21.Cl.Cl.Cl. The molecule has 0 spiro atoms. The first-order valence-electron chi connectivity index (χ1n) is 15.4. The molecule has 0 N–H and O–H groups in total. The Labute approximate surface area is 303 Å². The quantitative estimate of drug-likeness (QED) is 0.163. The minimum Gasteiger partial charge on any atom is -0.493 e. The molecule has 0 fully saturated rings. The van der Waals surface area contributed by atoms with Crippen molar-refractivity contribution in [3.8, 4) is 5.75 Å². The third-order valence-electron chi connectivity index (χ3n) is 8.29. The van der Waals surface area contributed by atoms with Crippen LogP contribution in [0.15, 0.2) is 67.0 Å². The number of rotatable bonds is 13. The van der Waals surface area contributed by atoms with Crippen LogP contribution in [0.25, 0.3) is 0 Å². The van der Waals surface area contributed by atoms with Crippen LogP contribution in [0.3, 0.4) is 0 Å². The summed E-state index contributed by atoms with van der Waals surface area (Å²) in [4.78, 5) is 53.0. The Kier molecular flexibility index (Phi) is 16.7. The minimum atomic E-state index is -1.15. The van der Waals surface area contributed by atoms with Crippen LogP contribution in [0.2, 0.25) is 0 Å². The number of hydrogen-bond acceptors (Lipinski definition) is 7. The molecule has 4 rings (SSSR count). The Morgan fingerprint density at radius 3 is 2.21 bits per heavy atom. The van der Waals surface area contributed by atoms with Crippen LogP contribution >= 0.6 is 37.2 Å². The molecule has 0 bridgehead atoms. The maximum atomic E-state index is 13.2. The van der Waals surface area contributed by atoms with E-state index in [1.807, 2.05) is 87.6 Å². The van der Waals surface area contributed by atoms with E-state index in [9.17, 15) is 14.4 Å². The van der Waals surface area contributed by atoms with E-state index >= 15 is 0 Å². The van der Waals surface area contributed by atoms with Gasteiger partial charge in [0.25, 0.3) is 5.91 Å². The third-order valence-corrected chi connectivity index (χ3v) is 8.29. The number of ether oxygens (including phenoxy) is 1. The van der Waals surface area contributed by atoms with Crippen LogP contribution in [0.4, 0.5) is 17.1 Å². The molecule has 3 amide bonds. The van der Waals surface area contributed by atoms with E-state index in [-0.39, 0.29) is 54.9 Å². The van der Waals surface area contributed by atoms with E-state index in [1.165, 1.54) is 0 Å². The largest absolute Gasteiger partial charge is 0.493 e. The normalized spacial score (nSPS) is 13.4. The predicted octanol–water partition coefficient (Wildman–Crippen LogP) is 5.81. The van der Waals surface area contributed by atoms with Gasteiger partial charge in [-0.25, -0.2) is 0 Å². The number of hydrogen-bond donors (Lipinski definition) is 0. The van der Waals surface area contributed by atoms with E-state index in [2.05, 4.69) is 9.88 Å². The summed E-state index contributed by atoms with van der Waals surface area (Å²) in [6.07, 6.45) is 4.34. The van der Waals surface area contributed by atoms with Crippen molar-refractivity contribution in [3.63, 3.8) is 0 Å². The number of nitrogens with zero attached hydrogens (tertiary/aromatic N) is 6. The van der Waals surface area contributed by atoms with Gasteiger partial charge in [0.2, 0.25) is 11.8 Å². The zero-order valence-corrected chi connectivity index (χ0v) is 31.3. The molecule has 1 aliphatic heterocycles. The first-order chi connectivity index (χ1) is 21.4. The molecule has 0 radical (unpaired) electrons. The lowest BCUT2D eigenvalue weighted by molar-refractivity contribution is -0.137. The van der Waals surface area contributed by atoms with Crippen molar-refractivity contribution in [3.05, 3.63) is 78.1 Å². The van der Waals surface area contributed by atoms with E-state index in [0.29, 0.717) is 48.9 Å². The Hall–Kier alpha value is -3.57. The van der Waals surface area contributed by atoms with Crippen molar-refractivity contribution in [2.45, 2.75) is 33.7 Å².